The van der Waals surface area contributed by atoms with E-state index >= 15 is 0 Å². The molecule has 10 nitrogen and oxygen atoms in total. The summed E-state index contributed by atoms with van der Waals surface area (Å²) in [5, 5.41) is 8.31. The molecule has 4 rings (SSSR count). The summed E-state index contributed by atoms with van der Waals surface area (Å²) in [6, 6.07) is -0.518. The van der Waals surface area contributed by atoms with E-state index in [-0.39, 0.29) is 18.6 Å². The van der Waals surface area contributed by atoms with Gasteiger partial charge in [-0.2, -0.15) is 18.3 Å². The molecular weight excluding hydrogens is 491 g/mol. The second-order valence-electron chi connectivity index (χ2n) is 8.59. The topological polar surface area (TPSA) is 116 Å². The minimum Gasteiger partial charge on any atom is -0.378 e. The first kappa shape index (κ1) is 25.2. The summed E-state index contributed by atoms with van der Waals surface area (Å²) >= 11 is 5.84. The minimum atomic E-state index is -4.84. The Morgan fingerprint density at radius 1 is 1.17 bits per heavy atom. The molecule has 2 N–H and O–H groups in total. The standard InChI is InChI=1S/C21H25ClF3N7O3/c1-12(29-15-10-28-30-18(33)17(15)21(23,24)25)11-35-16-4-7-32(19(16)34)14-2-5-31(6-3-14)20-26-8-13(22)9-27-20/h8-10,12,14,16H,2-7,11H2,1H3,(H2,29,30,33)/t12?,16-/m1/s1. The SMILES string of the molecule is CC(CO[C@@H]1CCN(C2CCN(c3ncc(Cl)cn3)CC2)C1=O)Nc1cn[nH]c(=O)c1C(F)(F)F. The smallest absolute Gasteiger partial charge is 0.378 e. The molecule has 0 spiro atoms. The number of hydrogen-bond acceptors (Lipinski definition) is 8. The van der Waals surface area contributed by atoms with Gasteiger partial charge in [-0.1, -0.05) is 11.6 Å². The van der Waals surface area contributed by atoms with Crippen LogP contribution < -0.4 is 15.8 Å². The van der Waals surface area contributed by atoms with Crippen molar-refractivity contribution in [1.82, 2.24) is 25.1 Å². The van der Waals surface area contributed by atoms with Crippen molar-refractivity contribution in [1.29, 1.82) is 0 Å². The Balaban J connectivity index is 1.27. The van der Waals surface area contributed by atoms with Gasteiger partial charge in [-0.05, 0) is 19.8 Å². The average molecular weight is 516 g/mol. The van der Waals surface area contributed by atoms with Crippen LogP contribution in [0.1, 0.15) is 31.7 Å². The first-order valence-corrected chi connectivity index (χ1v) is 11.6. The van der Waals surface area contributed by atoms with Crippen LogP contribution in [-0.2, 0) is 15.7 Å². The van der Waals surface area contributed by atoms with Crippen LogP contribution in [0.15, 0.2) is 23.4 Å². The number of hydrogen-bond donors (Lipinski definition) is 2. The van der Waals surface area contributed by atoms with E-state index < -0.39 is 35.1 Å². The van der Waals surface area contributed by atoms with Crippen LogP contribution in [0.3, 0.4) is 0 Å². The van der Waals surface area contributed by atoms with Gasteiger partial charge < -0.3 is 19.9 Å². The molecule has 2 aliphatic rings. The summed E-state index contributed by atoms with van der Waals surface area (Å²) in [5.41, 5.74) is -3.11. The number of carbonyl (C=O) groups excluding carboxylic acids is 1. The number of nitrogens with zero attached hydrogens (tertiary/aromatic N) is 5. The van der Waals surface area contributed by atoms with Crippen molar-refractivity contribution >= 4 is 29.1 Å². The Kier molecular flexibility index (Phi) is 7.45. The lowest BCUT2D eigenvalue weighted by Gasteiger charge is -2.36. The van der Waals surface area contributed by atoms with Crippen LogP contribution in [0.2, 0.25) is 5.02 Å². The van der Waals surface area contributed by atoms with E-state index in [1.54, 1.807) is 24.4 Å². The van der Waals surface area contributed by atoms with Gasteiger partial charge in [0.2, 0.25) is 5.95 Å². The highest BCUT2D eigenvalue weighted by molar-refractivity contribution is 6.30. The lowest BCUT2D eigenvalue weighted by molar-refractivity contribution is -0.139. The van der Waals surface area contributed by atoms with Crippen molar-refractivity contribution < 1.29 is 22.7 Å². The molecule has 4 heterocycles. The van der Waals surface area contributed by atoms with E-state index in [0.29, 0.717) is 37.0 Å². The van der Waals surface area contributed by atoms with E-state index in [9.17, 15) is 22.8 Å². The number of carbonyl (C=O) groups is 1. The van der Waals surface area contributed by atoms with Gasteiger partial charge in [0.15, 0.2) is 0 Å². The van der Waals surface area contributed by atoms with E-state index in [1.165, 1.54) is 0 Å². The molecular formula is C21H25ClF3N7O3. The third-order valence-electron chi connectivity index (χ3n) is 6.07. The van der Waals surface area contributed by atoms with Crippen molar-refractivity contribution in [2.45, 2.75) is 50.6 Å². The first-order valence-electron chi connectivity index (χ1n) is 11.2. The van der Waals surface area contributed by atoms with Crippen LogP contribution in [0.25, 0.3) is 0 Å². The number of aromatic amines is 1. The number of likely N-dealkylation sites (tertiary alicyclic amines) is 1. The number of ether oxygens (including phenoxy) is 1. The van der Waals surface area contributed by atoms with Crippen molar-refractivity contribution in [3.05, 3.63) is 39.5 Å². The molecule has 1 amide bonds. The molecule has 2 atom stereocenters. The number of H-pyrrole nitrogens is 1. The van der Waals surface area contributed by atoms with Gasteiger partial charge in [0.1, 0.15) is 11.7 Å². The van der Waals surface area contributed by atoms with Gasteiger partial charge in [0.25, 0.3) is 11.5 Å². The molecule has 0 radical (unpaired) electrons. The Bertz CT molecular complexity index is 1090. The van der Waals surface area contributed by atoms with Gasteiger partial charge in [-0.15, -0.1) is 0 Å². The van der Waals surface area contributed by atoms with Crippen LogP contribution in [0.4, 0.5) is 24.8 Å². The molecule has 2 fully saturated rings. The molecule has 35 heavy (non-hydrogen) atoms. The summed E-state index contributed by atoms with van der Waals surface area (Å²) in [7, 11) is 0. The van der Waals surface area contributed by atoms with Crippen molar-refractivity contribution in [3.63, 3.8) is 0 Å². The van der Waals surface area contributed by atoms with Crippen molar-refractivity contribution in [3.8, 4) is 0 Å². The highest BCUT2D eigenvalue weighted by atomic mass is 35.5. The lowest BCUT2D eigenvalue weighted by atomic mass is 10.0. The van der Waals surface area contributed by atoms with Gasteiger partial charge in [-0.3, -0.25) is 9.59 Å². The zero-order valence-corrected chi connectivity index (χ0v) is 19.6. The fraction of sp³-hybridized carbons (Fsp3) is 0.571. The highest BCUT2D eigenvalue weighted by Gasteiger charge is 2.39. The average Bonchev–Trinajstić information content (AvgIpc) is 3.18. The van der Waals surface area contributed by atoms with E-state index in [0.717, 1.165) is 19.0 Å². The zero-order chi connectivity index (χ0) is 25.2. The predicted molar refractivity (Wildman–Crippen MR) is 121 cm³/mol. The molecule has 0 bridgehead atoms. The predicted octanol–water partition coefficient (Wildman–Crippen LogP) is 2.32. The zero-order valence-electron chi connectivity index (χ0n) is 18.9. The number of rotatable bonds is 7. The van der Waals surface area contributed by atoms with Crippen molar-refractivity contribution in [2.24, 2.45) is 0 Å². The quantitative estimate of drug-likeness (QED) is 0.577. The maximum Gasteiger partial charge on any atom is 0.423 e. The van der Waals surface area contributed by atoms with Crippen LogP contribution in [-0.4, -0.2) is 75.4 Å². The molecule has 0 aromatic carbocycles. The van der Waals surface area contributed by atoms with Gasteiger partial charge >= 0.3 is 6.18 Å². The molecule has 2 aromatic rings. The van der Waals surface area contributed by atoms with Gasteiger partial charge in [0, 0.05) is 38.1 Å². The second-order valence-corrected chi connectivity index (χ2v) is 9.03. The number of alkyl halides is 3. The molecule has 0 saturated carbocycles. The summed E-state index contributed by atoms with van der Waals surface area (Å²) in [6.07, 6.45) is 0.544. The van der Waals surface area contributed by atoms with Gasteiger partial charge in [-0.25, -0.2) is 15.1 Å². The molecule has 190 valence electrons. The summed E-state index contributed by atoms with van der Waals surface area (Å²) in [4.78, 5) is 36.9. The van der Waals surface area contributed by atoms with E-state index in [2.05, 4.69) is 20.4 Å². The first-order chi connectivity index (χ1) is 16.6. The number of aromatic nitrogens is 4. The molecule has 2 aliphatic heterocycles. The number of amides is 1. The molecule has 2 saturated heterocycles. The molecule has 14 heteroatoms. The van der Waals surface area contributed by atoms with Crippen LogP contribution in [0, 0.1) is 0 Å². The monoisotopic (exact) mass is 515 g/mol. The van der Waals surface area contributed by atoms with Crippen LogP contribution >= 0.6 is 11.6 Å². The molecule has 2 aromatic heterocycles. The summed E-state index contributed by atoms with van der Waals surface area (Å²) < 4.78 is 45.4. The third kappa shape index (κ3) is 5.84. The Labute approximate surface area is 203 Å². The largest absolute Gasteiger partial charge is 0.423 e. The molecule has 0 aliphatic carbocycles. The summed E-state index contributed by atoms with van der Waals surface area (Å²) in [6.45, 7) is 3.56. The molecule has 1 unspecified atom stereocenters. The Morgan fingerprint density at radius 2 is 1.86 bits per heavy atom. The van der Waals surface area contributed by atoms with E-state index in [4.69, 9.17) is 16.3 Å². The van der Waals surface area contributed by atoms with E-state index in [1.807, 2.05) is 9.80 Å². The number of piperidine rings is 1. The maximum atomic E-state index is 13.2. The minimum absolute atomic E-state index is 0.0132. The number of nitrogens with one attached hydrogen (secondary N) is 2. The Morgan fingerprint density at radius 3 is 2.51 bits per heavy atom. The fourth-order valence-electron chi connectivity index (χ4n) is 4.40. The third-order valence-corrected chi connectivity index (χ3v) is 6.27. The maximum absolute atomic E-state index is 13.2. The summed E-state index contributed by atoms with van der Waals surface area (Å²) in [5.74, 6) is 0.486. The second kappa shape index (κ2) is 10.4. The fourth-order valence-corrected chi connectivity index (χ4v) is 4.49. The number of halogens is 4. The van der Waals surface area contributed by atoms with Gasteiger partial charge in [0.05, 0.1) is 35.9 Å². The number of anilines is 2. The highest BCUT2D eigenvalue weighted by Crippen LogP contribution is 2.32. The normalized spacial score (nSPS) is 20.4. The lowest BCUT2D eigenvalue weighted by Crippen LogP contribution is -2.47. The van der Waals surface area contributed by atoms with Crippen molar-refractivity contribution in [2.75, 3.05) is 36.5 Å². The van der Waals surface area contributed by atoms with Crippen LogP contribution in [0.5, 0.6) is 0 Å². The Hall–Kier alpha value is -2.93.